The number of nitrogens with one attached hydrogen (secondary N) is 1. The number of nitrogens with zero attached hydrogens (tertiary/aromatic N) is 1. The van der Waals surface area contributed by atoms with Crippen molar-refractivity contribution in [1.29, 1.82) is 0 Å². The zero-order chi connectivity index (χ0) is 16.7. The highest BCUT2D eigenvalue weighted by molar-refractivity contribution is 5.83. The third-order valence-corrected chi connectivity index (χ3v) is 3.10. The van der Waals surface area contributed by atoms with Gasteiger partial charge in [0.05, 0.1) is 4.92 Å². The summed E-state index contributed by atoms with van der Waals surface area (Å²) in [5.74, 6) is -1.28. The lowest BCUT2D eigenvalue weighted by molar-refractivity contribution is -0.384. The minimum atomic E-state index is -1.06. The Balaban J connectivity index is 2.56. The Morgan fingerprint density at radius 3 is 2.59 bits per heavy atom. The van der Waals surface area contributed by atoms with E-state index in [2.05, 4.69) is 5.32 Å². The van der Waals surface area contributed by atoms with Crippen LogP contribution < -0.4 is 5.32 Å². The van der Waals surface area contributed by atoms with E-state index < -0.39 is 16.9 Å². The van der Waals surface area contributed by atoms with Gasteiger partial charge in [0, 0.05) is 18.6 Å². The van der Waals surface area contributed by atoms with Crippen LogP contribution in [0, 0.1) is 16.0 Å². The number of carboxylic acid groups (broad SMARTS) is 1. The van der Waals surface area contributed by atoms with Gasteiger partial charge >= 0.3 is 5.97 Å². The lowest BCUT2D eigenvalue weighted by Crippen LogP contribution is -2.41. The molecule has 1 aromatic rings. The minimum absolute atomic E-state index is 0.0267. The molecule has 7 heteroatoms. The number of carbonyl (C=O) groups is 2. The number of hydrogen-bond donors (Lipinski definition) is 2. The highest BCUT2D eigenvalue weighted by Gasteiger charge is 2.20. The van der Waals surface area contributed by atoms with E-state index in [0.29, 0.717) is 18.4 Å². The number of carboxylic acids is 1. The van der Waals surface area contributed by atoms with Gasteiger partial charge < -0.3 is 10.4 Å². The SMILES string of the molecule is CC(C)C[C@@H](NC(=O)CCc1cccc([N+](=O)[O-])c1)C(=O)O. The molecule has 7 nitrogen and oxygen atoms in total. The van der Waals surface area contributed by atoms with Crippen molar-refractivity contribution in [3.8, 4) is 0 Å². The summed E-state index contributed by atoms with van der Waals surface area (Å²) in [6.45, 7) is 3.76. The van der Waals surface area contributed by atoms with Crippen molar-refractivity contribution < 1.29 is 19.6 Å². The first kappa shape index (κ1) is 17.6. The number of amides is 1. The summed E-state index contributed by atoms with van der Waals surface area (Å²) in [5, 5.41) is 22.2. The molecule has 0 radical (unpaired) electrons. The van der Waals surface area contributed by atoms with Gasteiger partial charge in [0.2, 0.25) is 5.91 Å². The summed E-state index contributed by atoms with van der Waals surface area (Å²) < 4.78 is 0. The van der Waals surface area contributed by atoms with Gasteiger partial charge in [-0.2, -0.15) is 0 Å². The number of rotatable bonds is 8. The molecule has 1 atom stereocenters. The quantitative estimate of drug-likeness (QED) is 0.565. The number of non-ortho nitro benzene ring substituents is 1. The molecule has 0 spiro atoms. The number of nitro groups is 1. The van der Waals surface area contributed by atoms with Crippen LogP contribution in [0.1, 0.15) is 32.3 Å². The molecule has 2 N–H and O–H groups in total. The zero-order valence-corrected chi connectivity index (χ0v) is 12.6. The number of aryl methyl sites for hydroxylation is 1. The van der Waals surface area contributed by atoms with E-state index >= 15 is 0 Å². The van der Waals surface area contributed by atoms with Crippen LogP contribution in [0.25, 0.3) is 0 Å². The molecule has 0 aromatic heterocycles. The fourth-order valence-electron chi connectivity index (χ4n) is 2.04. The highest BCUT2D eigenvalue weighted by atomic mass is 16.6. The van der Waals surface area contributed by atoms with Crippen LogP contribution in [-0.2, 0) is 16.0 Å². The van der Waals surface area contributed by atoms with Gasteiger partial charge in [-0.25, -0.2) is 4.79 Å². The largest absolute Gasteiger partial charge is 0.480 e. The Morgan fingerprint density at radius 1 is 1.36 bits per heavy atom. The average molecular weight is 308 g/mol. The van der Waals surface area contributed by atoms with Gasteiger partial charge in [-0.05, 0) is 24.3 Å². The Hall–Kier alpha value is -2.44. The molecule has 1 aromatic carbocycles. The molecule has 0 fully saturated rings. The number of hydrogen-bond acceptors (Lipinski definition) is 4. The number of aliphatic carboxylic acids is 1. The maximum Gasteiger partial charge on any atom is 0.326 e. The maximum absolute atomic E-state index is 11.8. The Labute approximate surface area is 128 Å². The molecule has 0 saturated heterocycles. The van der Waals surface area contributed by atoms with Crippen molar-refractivity contribution >= 4 is 17.6 Å². The third kappa shape index (κ3) is 5.90. The van der Waals surface area contributed by atoms with Crippen LogP contribution in [-0.4, -0.2) is 27.9 Å². The van der Waals surface area contributed by atoms with Crippen molar-refractivity contribution in [3.63, 3.8) is 0 Å². The monoisotopic (exact) mass is 308 g/mol. The molecule has 1 rings (SSSR count). The van der Waals surface area contributed by atoms with Gasteiger partial charge in [-0.3, -0.25) is 14.9 Å². The van der Waals surface area contributed by atoms with Crippen molar-refractivity contribution in [3.05, 3.63) is 39.9 Å². The van der Waals surface area contributed by atoms with Gasteiger partial charge in [0.15, 0.2) is 0 Å². The van der Waals surface area contributed by atoms with Gasteiger partial charge in [0.25, 0.3) is 5.69 Å². The Morgan fingerprint density at radius 2 is 2.05 bits per heavy atom. The zero-order valence-electron chi connectivity index (χ0n) is 12.6. The second kappa shape index (κ2) is 8.11. The lowest BCUT2D eigenvalue weighted by Gasteiger charge is -2.16. The van der Waals surface area contributed by atoms with Gasteiger partial charge in [0.1, 0.15) is 6.04 Å². The predicted octanol–water partition coefficient (Wildman–Crippen LogP) is 2.14. The number of benzene rings is 1. The summed E-state index contributed by atoms with van der Waals surface area (Å²) >= 11 is 0. The van der Waals surface area contributed by atoms with E-state index in [9.17, 15) is 19.7 Å². The topological polar surface area (TPSA) is 110 Å². The van der Waals surface area contributed by atoms with Crippen LogP contribution >= 0.6 is 0 Å². The first-order chi connectivity index (χ1) is 10.3. The maximum atomic E-state index is 11.8. The third-order valence-electron chi connectivity index (χ3n) is 3.10. The summed E-state index contributed by atoms with van der Waals surface area (Å²) in [6, 6.07) is 5.15. The molecule has 0 unspecified atom stereocenters. The molecule has 120 valence electrons. The molecule has 1 amide bonds. The van der Waals surface area contributed by atoms with E-state index in [0.717, 1.165) is 0 Å². The number of carbonyl (C=O) groups excluding carboxylic acids is 1. The van der Waals surface area contributed by atoms with E-state index in [1.807, 2.05) is 13.8 Å². The smallest absolute Gasteiger partial charge is 0.326 e. The van der Waals surface area contributed by atoms with Crippen molar-refractivity contribution in [2.75, 3.05) is 0 Å². The van der Waals surface area contributed by atoms with E-state index in [4.69, 9.17) is 5.11 Å². The lowest BCUT2D eigenvalue weighted by atomic mass is 10.0. The minimum Gasteiger partial charge on any atom is -0.480 e. The van der Waals surface area contributed by atoms with Crippen molar-refractivity contribution in [2.45, 2.75) is 39.2 Å². The molecule has 0 aliphatic carbocycles. The van der Waals surface area contributed by atoms with E-state index in [1.54, 1.807) is 12.1 Å². The van der Waals surface area contributed by atoms with Gasteiger partial charge in [-0.1, -0.05) is 26.0 Å². The normalized spacial score (nSPS) is 12.0. The summed E-state index contributed by atoms with van der Waals surface area (Å²) in [7, 11) is 0. The van der Waals surface area contributed by atoms with Crippen molar-refractivity contribution in [2.24, 2.45) is 5.92 Å². The fraction of sp³-hybridized carbons (Fsp3) is 0.467. The van der Waals surface area contributed by atoms with Crippen molar-refractivity contribution in [1.82, 2.24) is 5.32 Å². The molecule has 0 heterocycles. The molecule has 0 bridgehead atoms. The van der Waals surface area contributed by atoms with E-state index in [1.165, 1.54) is 12.1 Å². The first-order valence-electron chi connectivity index (χ1n) is 7.05. The standard InChI is InChI=1S/C15H20N2O5/c1-10(2)8-13(15(19)20)16-14(18)7-6-11-4-3-5-12(9-11)17(21)22/h3-5,9-10,13H,6-8H2,1-2H3,(H,16,18)(H,19,20)/t13-/m1/s1. The Bertz CT molecular complexity index is 557. The second-order valence-electron chi connectivity index (χ2n) is 5.51. The first-order valence-corrected chi connectivity index (χ1v) is 7.05. The summed E-state index contributed by atoms with van der Waals surface area (Å²) in [4.78, 5) is 33.1. The average Bonchev–Trinajstić information content (AvgIpc) is 2.44. The van der Waals surface area contributed by atoms with Crippen LogP contribution in [0.15, 0.2) is 24.3 Å². The predicted molar refractivity (Wildman–Crippen MR) is 80.4 cm³/mol. The second-order valence-corrected chi connectivity index (χ2v) is 5.51. The summed E-state index contributed by atoms with van der Waals surface area (Å²) in [5.41, 5.74) is 0.640. The molecule has 0 aliphatic heterocycles. The number of nitro benzene ring substituents is 1. The highest BCUT2D eigenvalue weighted by Crippen LogP contribution is 2.14. The molecular formula is C15H20N2O5. The van der Waals surface area contributed by atoms with Crippen LogP contribution in [0.3, 0.4) is 0 Å². The van der Waals surface area contributed by atoms with Crippen LogP contribution in [0.5, 0.6) is 0 Å². The van der Waals surface area contributed by atoms with Gasteiger partial charge in [-0.15, -0.1) is 0 Å². The summed E-state index contributed by atoms with van der Waals surface area (Å²) in [6.07, 6.45) is 0.766. The Kier molecular flexibility index (Phi) is 6.49. The fourth-order valence-corrected chi connectivity index (χ4v) is 2.04. The molecule has 0 saturated carbocycles. The van der Waals surface area contributed by atoms with Crippen LogP contribution in [0.4, 0.5) is 5.69 Å². The molecule has 0 aliphatic rings. The molecular weight excluding hydrogens is 288 g/mol. The van der Waals surface area contributed by atoms with E-state index in [-0.39, 0.29) is 23.9 Å². The van der Waals surface area contributed by atoms with Crippen LogP contribution in [0.2, 0.25) is 0 Å². The molecule has 22 heavy (non-hydrogen) atoms.